The Morgan fingerprint density at radius 2 is 2.10 bits per heavy atom. The molecule has 0 spiro atoms. The zero-order chi connectivity index (χ0) is 15.5. The molecule has 2 rings (SSSR count). The summed E-state index contributed by atoms with van der Waals surface area (Å²) in [6.07, 6.45) is -0.0526. The van der Waals surface area contributed by atoms with Gasteiger partial charge in [0.25, 0.3) is 0 Å². The SMILES string of the molecule is CC(C)(C)CC(=O)NCc1ccc(C(O)c2ccsc2)s1. The van der Waals surface area contributed by atoms with Gasteiger partial charge in [-0.05, 0) is 39.9 Å². The monoisotopic (exact) mass is 323 g/mol. The first-order chi connectivity index (χ1) is 9.85. The average molecular weight is 323 g/mol. The number of amides is 1. The van der Waals surface area contributed by atoms with E-state index in [1.54, 1.807) is 11.3 Å². The maximum absolute atomic E-state index is 11.8. The number of nitrogens with one attached hydrogen (secondary N) is 1. The molecule has 114 valence electrons. The second kappa shape index (κ2) is 6.73. The molecule has 2 N–H and O–H groups in total. The van der Waals surface area contributed by atoms with E-state index in [0.29, 0.717) is 13.0 Å². The van der Waals surface area contributed by atoms with Crippen molar-refractivity contribution < 1.29 is 9.90 Å². The highest BCUT2D eigenvalue weighted by molar-refractivity contribution is 7.12. The fraction of sp³-hybridized carbons (Fsp3) is 0.438. The van der Waals surface area contributed by atoms with Crippen molar-refractivity contribution in [3.63, 3.8) is 0 Å². The van der Waals surface area contributed by atoms with Gasteiger partial charge in [-0.15, -0.1) is 11.3 Å². The van der Waals surface area contributed by atoms with Crippen molar-refractivity contribution in [2.75, 3.05) is 0 Å². The summed E-state index contributed by atoms with van der Waals surface area (Å²) >= 11 is 3.12. The number of aliphatic hydroxyl groups excluding tert-OH is 1. The van der Waals surface area contributed by atoms with Crippen LogP contribution in [-0.4, -0.2) is 11.0 Å². The third-order valence-electron chi connectivity index (χ3n) is 2.96. The number of hydrogen-bond acceptors (Lipinski definition) is 4. The number of hydrogen-bond donors (Lipinski definition) is 2. The van der Waals surface area contributed by atoms with E-state index in [9.17, 15) is 9.90 Å². The normalized spacial score (nSPS) is 13.1. The van der Waals surface area contributed by atoms with Crippen molar-refractivity contribution in [3.05, 3.63) is 44.3 Å². The number of thiophene rings is 2. The van der Waals surface area contributed by atoms with Crippen LogP contribution in [0.5, 0.6) is 0 Å². The summed E-state index contributed by atoms with van der Waals surface area (Å²) in [5, 5.41) is 17.1. The van der Waals surface area contributed by atoms with Crippen molar-refractivity contribution in [1.29, 1.82) is 0 Å². The Morgan fingerprint density at radius 3 is 2.71 bits per heavy atom. The zero-order valence-electron chi connectivity index (χ0n) is 12.6. The Kier molecular flexibility index (Phi) is 5.19. The molecule has 2 heterocycles. The third kappa shape index (κ3) is 4.95. The van der Waals surface area contributed by atoms with Gasteiger partial charge in [-0.3, -0.25) is 4.79 Å². The molecule has 2 aromatic heterocycles. The molecule has 2 aromatic rings. The minimum Gasteiger partial charge on any atom is -0.383 e. The lowest BCUT2D eigenvalue weighted by Gasteiger charge is -2.16. The molecule has 0 bridgehead atoms. The first-order valence-corrected chi connectivity index (χ1v) is 8.66. The lowest BCUT2D eigenvalue weighted by Crippen LogP contribution is -2.26. The summed E-state index contributed by atoms with van der Waals surface area (Å²) in [5.74, 6) is 0.0656. The Balaban J connectivity index is 1.90. The van der Waals surface area contributed by atoms with E-state index in [2.05, 4.69) is 5.32 Å². The number of carbonyl (C=O) groups is 1. The Morgan fingerprint density at radius 1 is 1.33 bits per heavy atom. The van der Waals surface area contributed by atoms with Crippen molar-refractivity contribution in [1.82, 2.24) is 5.32 Å². The summed E-state index contributed by atoms with van der Waals surface area (Å²) < 4.78 is 0. The molecule has 1 amide bonds. The van der Waals surface area contributed by atoms with E-state index in [0.717, 1.165) is 15.3 Å². The van der Waals surface area contributed by atoms with Crippen LogP contribution in [0.1, 0.15) is 48.6 Å². The van der Waals surface area contributed by atoms with E-state index in [-0.39, 0.29) is 11.3 Å². The lowest BCUT2D eigenvalue weighted by molar-refractivity contribution is -0.122. The van der Waals surface area contributed by atoms with E-state index in [1.807, 2.05) is 49.7 Å². The van der Waals surface area contributed by atoms with E-state index >= 15 is 0 Å². The molecule has 0 saturated heterocycles. The third-order valence-corrected chi connectivity index (χ3v) is 4.80. The van der Waals surface area contributed by atoms with Gasteiger partial charge in [0.2, 0.25) is 5.91 Å². The van der Waals surface area contributed by atoms with Crippen LogP contribution in [0.3, 0.4) is 0 Å². The van der Waals surface area contributed by atoms with Crippen LogP contribution in [0.4, 0.5) is 0 Å². The molecule has 0 fully saturated rings. The molecule has 0 saturated carbocycles. The van der Waals surface area contributed by atoms with Crippen LogP contribution < -0.4 is 5.32 Å². The summed E-state index contributed by atoms with van der Waals surface area (Å²) in [7, 11) is 0. The largest absolute Gasteiger partial charge is 0.383 e. The highest BCUT2D eigenvalue weighted by atomic mass is 32.1. The maximum Gasteiger partial charge on any atom is 0.220 e. The molecular formula is C16H21NO2S2. The van der Waals surface area contributed by atoms with Crippen molar-refractivity contribution in [3.8, 4) is 0 Å². The molecule has 1 atom stereocenters. The van der Waals surface area contributed by atoms with E-state index in [1.165, 1.54) is 11.3 Å². The molecule has 0 aliphatic carbocycles. The molecule has 1 unspecified atom stereocenters. The molecule has 3 nitrogen and oxygen atoms in total. The first-order valence-electron chi connectivity index (χ1n) is 6.90. The summed E-state index contributed by atoms with van der Waals surface area (Å²) in [6, 6.07) is 5.82. The first kappa shape index (κ1) is 16.2. The number of carbonyl (C=O) groups excluding carboxylic acids is 1. The van der Waals surface area contributed by atoms with Gasteiger partial charge in [-0.2, -0.15) is 11.3 Å². The van der Waals surface area contributed by atoms with Crippen LogP contribution in [0.2, 0.25) is 0 Å². The van der Waals surface area contributed by atoms with Crippen molar-refractivity contribution >= 4 is 28.6 Å². The van der Waals surface area contributed by atoms with Crippen LogP contribution in [0.25, 0.3) is 0 Å². The van der Waals surface area contributed by atoms with Crippen molar-refractivity contribution in [2.45, 2.75) is 39.8 Å². The quantitative estimate of drug-likeness (QED) is 0.875. The van der Waals surface area contributed by atoms with Gasteiger partial charge >= 0.3 is 0 Å². The Labute approximate surface area is 133 Å². The zero-order valence-corrected chi connectivity index (χ0v) is 14.2. The second-order valence-corrected chi connectivity index (χ2v) is 8.26. The average Bonchev–Trinajstić information content (AvgIpc) is 3.05. The van der Waals surface area contributed by atoms with Gasteiger partial charge in [0, 0.05) is 16.2 Å². The topological polar surface area (TPSA) is 49.3 Å². The van der Waals surface area contributed by atoms with Crippen LogP contribution in [-0.2, 0) is 11.3 Å². The molecule has 0 aliphatic heterocycles. The van der Waals surface area contributed by atoms with Gasteiger partial charge in [0.05, 0.1) is 6.54 Å². The standard InChI is InChI=1S/C16H21NO2S2/c1-16(2,3)8-14(18)17-9-12-4-5-13(21-12)15(19)11-6-7-20-10-11/h4-7,10,15,19H,8-9H2,1-3H3,(H,17,18). The number of aliphatic hydroxyl groups is 1. The second-order valence-electron chi connectivity index (χ2n) is 6.28. The van der Waals surface area contributed by atoms with Gasteiger partial charge in [0.1, 0.15) is 6.10 Å². The minimum absolute atomic E-state index is 0.000162. The van der Waals surface area contributed by atoms with Gasteiger partial charge in [-0.25, -0.2) is 0 Å². The van der Waals surface area contributed by atoms with Crippen LogP contribution in [0.15, 0.2) is 29.0 Å². The predicted octanol–water partition coefficient (Wildman–Crippen LogP) is 3.94. The maximum atomic E-state index is 11.8. The van der Waals surface area contributed by atoms with Crippen LogP contribution >= 0.6 is 22.7 Å². The van der Waals surface area contributed by atoms with E-state index in [4.69, 9.17) is 0 Å². The highest BCUT2D eigenvalue weighted by Gasteiger charge is 2.16. The summed E-state index contributed by atoms with van der Waals surface area (Å²) in [5.41, 5.74) is 0.921. The molecule has 0 aliphatic rings. The summed E-state index contributed by atoms with van der Waals surface area (Å²) in [4.78, 5) is 13.8. The molecule has 21 heavy (non-hydrogen) atoms. The lowest BCUT2D eigenvalue weighted by atomic mass is 9.92. The van der Waals surface area contributed by atoms with E-state index < -0.39 is 6.10 Å². The fourth-order valence-electron chi connectivity index (χ4n) is 1.96. The van der Waals surface area contributed by atoms with Crippen molar-refractivity contribution in [2.24, 2.45) is 5.41 Å². The molecular weight excluding hydrogens is 302 g/mol. The van der Waals surface area contributed by atoms with Gasteiger partial charge < -0.3 is 10.4 Å². The molecule has 0 radical (unpaired) electrons. The Bertz CT molecular complexity index is 582. The minimum atomic E-state index is -0.569. The summed E-state index contributed by atoms with van der Waals surface area (Å²) in [6.45, 7) is 6.67. The van der Waals surface area contributed by atoms with Gasteiger partial charge in [-0.1, -0.05) is 20.8 Å². The molecule has 5 heteroatoms. The molecule has 0 aromatic carbocycles. The van der Waals surface area contributed by atoms with Gasteiger partial charge in [0.15, 0.2) is 0 Å². The predicted molar refractivity (Wildman–Crippen MR) is 88.6 cm³/mol. The highest BCUT2D eigenvalue weighted by Crippen LogP contribution is 2.29. The smallest absolute Gasteiger partial charge is 0.220 e. The van der Waals surface area contributed by atoms with Crippen LogP contribution in [0, 0.1) is 5.41 Å². The fourth-order valence-corrected chi connectivity index (χ4v) is 3.61. The number of rotatable bonds is 5. The Hall–Kier alpha value is -1.17.